The molecule has 0 fully saturated rings. The van der Waals surface area contributed by atoms with E-state index in [-0.39, 0.29) is 5.91 Å². The fourth-order valence-electron chi connectivity index (χ4n) is 2.11. The van der Waals surface area contributed by atoms with Crippen LogP contribution in [0.3, 0.4) is 0 Å². The fourth-order valence-corrected chi connectivity index (χ4v) is 3.24. The molecule has 1 N–H and O–H groups in total. The van der Waals surface area contributed by atoms with Gasteiger partial charge in [0.05, 0.1) is 11.3 Å². The Morgan fingerprint density at radius 2 is 2.16 bits per heavy atom. The van der Waals surface area contributed by atoms with Crippen molar-refractivity contribution in [2.75, 3.05) is 6.54 Å². The molecule has 2 rings (SSSR count). The number of hydrogen-bond acceptors (Lipinski definition) is 7. The molecule has 0 spiro atoms. The van der Waals surface area contributed by atoms with Gasteiger partial charge in [-0.1, -0.05) is 5.16 Å². The first-order valence-corrected chi connectivity index (χ1v) is 8.90. The lowest BCUT2D eigenvalue weighted by molar-refractivity contribution is -0.128. The molecule has 2 aromatic rings. The van der Waals surface area contributed by atoms with Crippen LogP contribution in [0.2, 0.25) is 0 Å². The Hall–Kier alpha value is -2.35. The van der Waals surface area contributed by atoms with E-state index in [1.165, 1.54) is 18.7 Å². The van der Waals surface area contributed by atoms with Crippen LogP contribution in [0.5, 0.6) is 0 Å². The van der Waals surface area contributed by atoms with E-state index in [4.69, 9.17) is 9.26 Å². The quantitative estimate of drug-likeness (QED) is 0.597. The highest BCUT2D eigenvalue weighted by Gasteiger charge is 2.21. The number of nitrogens with zero attached hydrogens (tertiary/aromatic N) is 2. The zero-order valence-corrected chi connectivity index (χ0v) is 15.5. The first-order chi connectivity index (χ1) is 11.9. The topological polar surface area (TPSA) is 94.3 Å². The predicted molar refractivity (Wildman–Crippen MR) is 93.3 cm³/mol. The maximum absolute atomic E-state index is 12.4. The second-order valence-corrected chi connectivity index (χ2v) is 6.35. The highest BCUT2D eigenvalue weighted by Crippen LogP contribution is 2.27. The number of amides is 1. The van der Waals surface area contributed by atoms with Gasteiger partial charge in [0.2, 0.25) is 0 Å². The lowest BCUT2D eigenvalue weighted by Gasteiger charge is -2.14. The number of esters is 1. The van der Waals surface area contributed by atoms with Crippen LogP contribution in [-0.2, 0) is 15.3 Å². The minimum absolute atomic E-state index is 0.329. The van der Waals surface area contributed by atoms with Crippen LogP contribution >= 0.6 is 11.8 Å². The molecule has 0 bridgehead atoms. The van der Waals surface area contributed by atoms with Crippen molar-refractivity contribution in [1.82, 2.24) is 15.5 Å². The number of aromatic nitrogens is 2. The summed E-state index contributed by atoms with van der Waals surface area (Å²) in [5, 5.41) is 7.07. The third kappa shape index (κ3) is 4.82. The van der Waals surface area contributed by atoms with Crippen molar-refractivity contribution in [3.63, 3.8) is 0 Å². The molecule has 1 atom stereocenters. The van der Waals surface area contributed by atoms with Crippen molar-refractivity contribution in [1.29, 1.82) is 0 Å². The molecule has 2 heterocycles. The van der Waals surface area contributed by atoms with Gasteiger partial charge in [-0.15, -0.1) is 11.8 Å². The summed E-state index contributed by atoms with van der Waals surface area (Å²) in [6.07, 6.45) is 0.743. The highest BCUT2D eigenvalue weighted by molar-refractivity contribution is 7.98. The molecule has 0 saturated heterocycles. The molecule has 2 aromatic heterocycles. The molecular formula is C17H21N3O4S. The molecule has 8 heteroatoms. The lowest BCUT2D eigenvalue weighted by Crippen LogP contribution is -2.35. The molecule has 0 unspecified atom stereocenters. The van der Waals surface area contributed by atoms with Crippen molar-refractivity contribution < 1.29 is 18.8 Å². The number of rotatable bonds is 7. The minimum Gasteiger partial charge on any atom is -0.449 e. The van der Waals surface area contributed by atoms with E-state index >= 15 is 0 Å². The van der Waals surface area contributed by atoms with E-state index in [0.29, 0.717) is 22.9 Å². The van der Waals surface area contributed by atoms with Crippen molar-refractivity contribution in [2.45, 2.75) is 44.6 Å². The molecular weight excluding hydrogens is 342 g/mol. The standard InChI is InChI=1S/C17H21N3O4S/c1-5-18-15(21)12(4)23-17(22)13-7-6-8-19-16(13)25-9-14-10(2)20-24-11(14)3/h6-8,12H,5,9H2,1-4H3,(H,18,21)/t12-/m0/s1. The summed E-state index contributed by atoms with van der Waals surface area (Å²) in [4.78, 5) is 28.4. The highest BCUT2D eigenvalue weighted by atomic mass is 32.2. The first kappa shape index (κ1) is 19.0. The largest absolute Gasteiger partial charge is 0.449 e. The molecule has 0 aliphatic heterocycles. The summed E-state index contributed by atoms with van der Waals surface area (Å²) in [7, 11) is 0. The summed E-state index contributed by atoms with van der Waals surface area (Å²) in [6, 6.07) is 3.29. The average Bonchev–Trinajstić information content (AvgIpc) is 2.91. The van der Waals surface area contributed by atoms with Gasteiger partial charge in [-0.25, -0.2) is 9.78 Å². The Kier molecular flexibility index (Phi) is 6.58. The van der Waals surface area contributed by atoms with Crippen molar-refractivity contribution in [3.8, 4) is 0 Å². The summed E-state index contributed by atoms with van der Waals surface area (Å²) in [5.74, 6) is 0.414. The van der Waals surface area contributed by atoms with E-state index < -0.39 is 12.1 Å². The number of pyridine rings is 1. The monoisotopic (exact) mass is 363 g/mol. The van der Waals surface area contributed by atoms with Gasteiger partial charge in [0.1, 0.15) is 10.8 Å². The number of hydrogen-bond donors (Lipinski definition) is 1. The number of nitrogens with one attached hydrogen (secondary N) is 1. The third-order valence-corrected chi connectivity index (χ3v) is 4.56. The lowest BCUT2D eigenvalue weighted by atomic mass is 10.2. The van der Waals surface area contributed by atoms with Crippen LogP contribution in [0.1, 0.15) is 41.2 Å². The summed E-state index contributed by atoms with van der Waals surface area (Å²) >= 11 is 1.39. The number of ether oxygens (including phenoxy) is 1. The van der Waals surface area contributed by atoms with E-state index in [9.17, 15) is 9.59 Å². The zero-order valence-electron chi connectivity index (χ0n) is 14.7. The van der Waals surface area contributed by atoms with Crippen LogP contribution < -0.4 is 5.32 Å². The van der Waals surface area contributed by atoms with Gasteiger partial charge in [-0.05, 0) is 39.8 Å². The van der Waals surface area contributed by atoms with Crippen molar-refractivity contribution in [2.24, 2.45) is 0 Å². The molecule has 0 aromatic carbocycles. The van der Waals surface area contributed by atoms with E-state index in [1.54, 1.807) is 25.3 Å². The molecule has 0 saturated carbocycles. The number of aryl methyl sites for hydroxylation is 2. The normalized spacial score (nSPS) is 11.8. The van der Waals surface area contributed by atoms with Crippen LogP contribution in [0.15, 0.2) is 27.9 Å². The number of thioether (sulfide) groups is 1. The number of likely N-dealkylation sites (N-methyl/N-ethyl adjacent to an activating group) is 1. The smallest absolute Gasteiger partial charge is 0.341 e. The Morgan fingerprint density at radius 1 is 1.40 bits per heavy atom. The zero-order chi connectivity index (χ0) is 18.4. The summed E-state index contributed by atoms with van der Waals surface area (Å²) in [6.45, 7) is 7.53. The van der Waals surface area contributed by atoms with Gasteiger partial charge < -0.3 is 14.6 Å². The van der Waals surface area contributed by atoms with Gasteiger partial charge in [-0.3, -0.25) is 4.79 Å². The fraction of sp³-hybridized carbons (Fsp3) is 0.412. The van der Waals surface area contributed by atoms with Gasteiger partial charge in [0, 0.05) is 24.1 Å². The Morgan fingerprint density at radius 3 is 2.80 bits per heavy atom. The molecule has 25 heavy (non-hydrogen) atoms. The first-order valence-electron chi connectivity index (χ1n) is 7.92. The molecule has 134 valence electrons. The van der Waals surface area contributed by atoms with Crippen LogP contribution in [-0.4, -0.2) is 34.7 Å². The van der Waals surface area contributed by atoms with Gasteiger partial charge >= 0.3 is 5.97 Å². The SMILES string of the molecule is CCNC(=O)[C@H](C)OC(=O)c1cccnc1SCc1c(C)noc1C. The Bertz CT molecular complexity index is 741. The Balaban J connectivity index is 2.09. The second-order valence-electron chi connectivity index (χ2n) is 5.39. The van der Waals surface area contributed by atoms with E-state index in [1.807, 2.05) is 13.8 Å². The van der Waals surface area contributed by atoms with Gasteiger partial charge in [0.25, 0.3) is 5.91 Å². The van der Waals surface area contributed by atoms with Crippen molar-refractivity contribution >= 4 is 23.6 Å². The maximum atomic E-state index is 12.4. The summed E-state index contributed by atoms with van der Waals surface area (Å²) < 4.78 is 10.4. The van der Waals surface area contributed by atoms with Crippen molar-refractivity contribution in [3.05, 3.63) is 40.9 Å². The third-order valence-electron chi connectivity index (χ3n) is 3.53. The van der Waals surface area contributed by atoms with E-state index in [2.05, 4.69) is 15.5 Å². The molecule has 1 amide bonds. The van der Waals surface area contributed by atoms with Gasteiger partial charge in [-0.2, -0.15) is 0 Å². The van der Waals surface area contributed by atoms with Gasteiger partial charge in [0.15, 0.2) is 6.10 Å². The predicted octanol–water partition coefficient (Wildman–Crippen LogP) is 2.66. The second kappa shape index (κ2) is 8.66. The molecule has 7 nitrogen and oxygen atoms in total. The minimum atomic E-state index is -0.868. The number of carbonyl (C=O) groups excluding carboxylic acids is 2. The average molecular weight is 363 g/mol. The van der Waals surface area contributed by atoms with Crippen LogP contribution in [0.25, 0.3) is 0 Å². The summed E-state index contributed by atoms with van der Waals surface area (Å²) in [5.41, 5.74) is 2.12. The van der Waals surface area contributed by atoms with Crippen LogP contribution in [0, 0.1) is 13.8 Å². The Labute approximate surface area is 150 Å². The maximum Gasteiger partial charge on any atom is 0.341 e. The number of carbonyl (C=O) groups is 2. The molecule has 0 aliphatic rings. The molecule has 0 aliphatic carbocycles. The van der Waals surface area contributed by atoms with E-state index in [0.717, 1.165) is 17.0 Å². The van der Waals surface area contributed by atoms with Crippen LogP contribution in [0.4, 0.5) is 0 Å². The molecule has 0 radical (unpaired) electrons.